The Morgan fingerprint density at radius 2 is 0.857 bits per heavy atom. The van der Waals surface area contributed by atoms with Crippen LogP contribution < -0.4 is 0 Å². The van der Waals surface area contributed by atoms with Crippen LogP contribution in [0.1, 0.15) is 194 Å². The number of allylic oxidation sites excluding steroid dienone is 8. The molecule has 0 aromatic rings. The van der Waals surface area contributed by atoms with Crippen molar-refractivity contribution in [2.24, 2.45) is 0 Å². The molecule has 1 aliphatic carbocycles. The van der Waals surface area contributed by atoms with Crippen LogP contribution in [-0.4, -0.2) is 98.3 Å². The fourth-order valence-corrected chi connectivity index (χ4v) is 8.18. The Morgan fingerprint density at radius 3 is 1.33 bits per heavy atom. The molecular formula is C49H87O13P. The zero-order chi connectivity index (χ0) is 46.4. The summed E-state index contributed by atoms with van der Waals surface area (Å²) < 4.78 is 33.5. The third kappa shape index (κ3) is 31.4. The van der Waals surface area contributed by atoms with Crippen molar-refractivity contribution in [3.63, 3.8) is 0 Å². The molecule has 0 aliphatic heterocycles. The summed E-state index contributed by atoms with van der Waals surface area (Å²) in [4.78, 5) is 35.7. The SMILES string of the molecule is CCCCCC=CCC=CCC=CCC=CCCCCCC(=O)OCC(COP(=O)(O)OC1C(O)C(O)C(O)C(O)C1O)OC(=O)CCCCCCCCCCCCCCCCC. The second-order valence-electron chi connectivity index (χ2n) is 17.0. The molecule has 0 spiro atoms. The van der Waals surface area contributed by atoms with Gasteiger partial charge in [0.15, 0.2) is 6.10 Å². The fourth-order valence-electron chi connectivity index (χ4n) is 7.21. The van der Waals surface area contributed by atoms with E-state index in [1.54, 1.807) is 0 Å². The van der Waals surface area contributed by atoms with Gasteiger partial charge in [-0.3, -0.25) is 18.6 Å². The van der Waals surface area contributed by atoms with E-state index in [4.69, 9.17) is 18.5 Å². The number of ether oxygens (including phenoxy) is 2. The van der Waals surface area contributed by atoms with E-state index in [1.165, 1.54) is 83.5 Å². The minimum absolute atomic E-state index is 0.0913. The van der Waals surface area contributed by atoms with Crippen molar-refractivity contribution >= 4 is 19.8 Å². The van der Waals surface area contributed by atoms with Crippen LogP contribution in [0.3, 0.4) is 0 Å². The Morgan fingerprint density at radius 1 is 0.492 bits per heavy atom. The Balaban J connectivity index is 2.45. The van der Waals surface area contributed by atoms with Crippen LogP contribution in [0.25, 0.3) is 0 Å². The Hall–Kier alpha value is -2.19. The van der Waals surface area contributed by atoms with Crippen molar-refractivity contribution in [2.75, 3.05) is 13.2 Å². The van der Waals surface area contributed by atoms with Gasteiger partial charge in [-0.2, -0.15) is 0 Å². The minimum atomic E-state index is -5.13. The van der Waals surface area contributed by atoms with Crippen LogP contribution >= 0.6 is 7.82 Å². The topological polar surface area (TPSA) is 210 Å². The molecule has 1 fully saturated rings. The van der Waals surface area contributed by atoms with Gasteiger partial charge in [-0.25, -0.2) is 4.57 Å². The molecule has 0 radical (unpaired) electrons. The molecular weight excluding hydrogens is 827 g/mol. The molecule has 0 aromatic heterocycles. The Labute approximate surface area is 380 Å². The van der Waals surface area contributed by atoms with Gasteiger partial charge in [0.25, 0.3) is 0 Å². The van der Waals surface area contributed by atoms with Gasteiger partial charge < -0.3 is 39.9 Å². The van der Waals surface area contributed by atoms with E-state index in [1.807, 2.05) is 0 Å². The highest BCUT2D eigenvalue weighted by Crippen LogP contribution is 2.47. The van der Waals surface area contributed by atoms with Gasteiger partial charge in [0.05, 0.1) is 6.61 Å². The van der Waals surface area contributed by atoms with Gasteiger partial charge >= 0.3 is 19.8 Å². The number of rotatable bonds is 40. The quantitative estimate of drug-likeness (QED) is 0.0147. The first-order valence-corrected chi connectivity index (χ1v) is 25.9. The number of phosphoric acid groups is 1. The highest BCUT2D eigenvalue weighted by Gasteiger charge is 2.51. The Kier molecular flexibility index (Phi) is 36.4. The molecule has 366 valence electrons. The van der Waals surface area contributed by atoms with E-state index in [-0.39, 0.29) is 12.8 Å². The molecule has 6 unspecified atom stereocenters. The molecule has 13 nitrogen and oxygen atoms in total. The van der Waals surface area contributed by atoms with Gasteiger partial charge in [0.2, 0.25) is 0 Å². The summed E-state index contributed by atoms with van der Waals surface area (Å²) in [5, 5.41) is 50.2. The summed E-state index contributed by atoms with van der Waals surface area (Å²) in [7, 11) is -5.13. The summed E-state index contributed by atoms with van der Waals surface area (Å²) in [6.07, 6.45) is 33.0. The molecule has 1 saturated carbocycles. The standard InChI is InChI=1S/C49H87O13P/c1-3-5-7-9-11-13-15-17-19-20-21-22-24-25-27-29-31-33-35-37-42(50)59-39-41(40-60-63(57,58)62-49-47(55)45(53)44(52)46(54)48(49)56)61-43(51)38-36-34-32-30-28-26-23-18-16-14-12-10-8-6-4-2/h11,13,17,19,21-22,25,27,41,44-49,52-56H,3-10,12,14-16,18,20,23-24,26,28-40H2,1-2H3,(H,57,58). The van der Waals surface area contributed by atoms with Crippen molar-refractivity contribution in [3.8, 4) is 0 Å². The van der Waals surface area contributed by atoms with Crippen LogP contribution in [0.5, 0.6) is 0 Å². The molecule has 0 bridgehead atoms. The lowest BCUT2D eigenvalue weighted by molar-refractivity contribution is -0.220. The van der Waals surface area contributed by atoms with Crippen molar-refractivity contribution in [1.82, 2.24) is 0 Å². The summed E-state index contributed by atoms with van der Waals surface area (Å²) in [5.41, 5.74) is 0. The molecule has 6 atom stereocenters. The molecule has 0 aromatic carbocycles. The molecule has 0 saturated heterocycles. The van der Waals surface area contributed by atoms with Gasteiger partial charge in [0.1, 0.15) is 43.2 Å². The van der Waals surface area contributed by atoms with Gasteiger partial charge in [-0.1, -0.05) is 172 Å². The van der Waals surface area contributed by atoms with Crippen molar-refractivity contribution in [2.45, 2.75) is 236 Å². The maximum atomic E-state index is 12.8. The summed E-state index contributed by atoms with van der Waals surface area (Å²) in [6, 6.07) is 0. The molecule has 0 heterocycles. The third-order valence-electron chi connectivity index (χ3n) is 11.2. The zero-order valence-corrected chi connectivity index (χ0v) is 39.8. The van der Waals surface area contributed by atoms with Gasteiger partial charge in [-0.05, 0) is 57.8 Å². The van der Waals surface area contributed by atoms with Crippen molar-refractivity contribution in [3.05, 3.63) is 48.6 Å². The highest BCUT2D eigenvalue weighted by atomic mass is 31.2. The number of hydrogen-bond donors (Lipinski definition) is 6. The number of esters is 2. The second-order valence-corrected chi connectivity index (χ2v) is 18.4. The predicted molar refractivity (Wildman–Crippen MR) is 249 cm³/mol. The largest absolute Gasteiger partial charge is 0.472 e. The monoisotopic (exact) mass is 915 g/mol. The first-order chi connectivity index (χ1) is 30.4. The number of hydrogen-bond acceptors (Lipinski definition) is 12. The lowest BCUT2D eigenvalue weighted by Gasteiger charge is -2.41. The van der Waals surface area contributed by atoms with Crippen molar-refractivity contribution < 1.29 is 63.1 Å². The maximum absolute atomic E-state index is 12.8. The normalized spacial score (nSPS) is 22.1. The lowest BCUT2D eigenvalue weighted by atomic mass is 9.85. The highest BCUT2D eigenvalue weighted by molar-refractivity contribution is 7.47. The number of carbonyl (C=O) groups is 2. The summed E-state index contributed by atoms with van der Waals surface area (Å²) >= 11 is 0. The van der Waals surface area contributed by atoms with Crippen molar-refractivity contribution in [1.29, 1.82) is 0 Å². The van der Waals surface area contributed by atoms with E-state index in [2.05, 4.69) is 62.5 Å². The Bertz CT molecular complexity index is 1290. The molecule has 6 N–H and O–H groups in total. The summed E-state index contributed by atoms with van der Waals surface area (Å²) in [5.74, 6) is -1.13. The number of phosphoric ester groups is 1. The zero-order valence-electron chi connectivity index (χ0n) is 38.9. The first kappa shape index (κ1) is 58.8. The average molecular weight is 915 g/mol. The number of aliphatic hydroxyl groups is 5. The second kappa shape index (κ2) is 39.0. The maximum Gasteiger partial charge on any atom is 0.472 e. The molecule has 1 rings (SSSR count). The van der Waals surface area contributed by atoms with E-state index < -0.39 is 75.7 Å². The number of carbonyl (C=O) groups excluding carboxylic acids is 2. The first-order valence-electron chi connectivity index (χ1n) is 24.4. The average Bonchev–Trinajstić information content (AvgIpc) is 3.26. The number of unbranched alkanes of at least 4 members (excludes halogenated alkanes) is 20. The minimum Gasteiger partial charge on any atom is -0.462 e. The molecule has 1 aliphatic rings. The van der Waals surface area contributed by atoms with E-state index in [0.717, 1.165) is 70.6 Å². The smallest absolute Gasteiger partial charge is 0.462 e. The molecule has 63 heavy (non-hydrogen) atoms. The van der Waals surface area contributed by atoms with Crippen LogP contribution in [0.2, 0.25) is 0 Å². The van der Waals surface area contributed by atoms with Crippen LogP contribution in [0.4, 0.5) is 0 Å². The number of aliphatic hydroxyl groups excluding tert-OH is 5. The van der Waals surface area contributed by atoms with E-state index in [9.17, 15) is 44.6 Å². The third-order valence-corrected chi connectivity index (χ3v) is 12.2. The molecule has 0 amide bonds. The van der Waals surface area contributed by atoms with Crippen LogP contribution in [-0.2, 0) is 32.7 Å². The van der Waals surface area contributed by atoms with Crippen LogP contribution in [0, 0.1) is 0 Å². The van der Waals surface area contributed by atoms with Gasteiger partial charge in [0, 0.05) is 12.8 Å². The van der Waals surface area contributed by atoms with Gasteiger partial charge in [-0.15, -0.1) is 0 Å². The predicted octanol–water partition coefficient (Wildman–Crippen LogP) is 9.95. The van der Waals surface area contributed by atoms with Crippen LogP contribution in [0.15, 0.2) is 48.6 Å². The summed E-state index contributed by atoms with van der Waals surface area (Å²) in [6.45, 7) is 3.25. The van der Waals surface area contributed by atoms with E-state index >= 15 is 0 Å². The molecule has 14 heteroatoms. The lowest BCUT2D eigenvalue weighted by Crippen LogP contribution is -2.64. The fraction of sp³-hybridized carbons (Fsp3) is 0.796. The van der Waals surface area contributed by atoms with E-state index in [0.29, 0.717) is 12.8 Å².